The molecule has 17 heavy (non-hydrogen) atoms. The predicted molar refractivity (Wildman–Crippen MR) is 63.0 cm³/mol. The highest BCUT2D eigenvalue weighted by molar-refractivity contribution is 5.85. The fourth-order valence-electron chi connectivity index (χ4n) is 1.66. The quantitative estimate of drug-likeness (QED) is 0.809. The fourth-order valence-corrected chi connectivity index (χ4v) is 1.66. The number of carboxylic acid groups (broad SMARTS) is 1. The largest absolute Gasteiger partial charge is 0.488 e. The third kappa shape index (κ3) is 3.60. The molecule has 0 unspecified atom stereocenters. The van der Waals surface area contributed by atoms with Gasteiger partial charge in [0.2, 0.25) is 0 Å². The number of hydrogen-bond acceptors (Lipinski definition) is 3. The highest BCUT2D eigenvalue weighted by atomic mass is 16.5. The first-order valence-corrected chi connectivity index (χ1v) is 5.49. The second-order valence-corrected chi connectivity index (χ2v) is 3.85. The van der Waals surface area contributed by atoms with Crippen LogP contribution in [0.5, 0.6) is 5.75 Å². The number of hydrogen-bond donors (Lipinski definition) is 1. The van der Waals surface area contributed by atoms with Crippen molar-refractivity contribution in [3.63, 3.8) is 0 Å². The van der Waals surface area contributed by atoms with Gasteiger partial charge in [0.1, 0.15) is 11.9 Å². The summed E-state index contributed by atoms with van der Waals surface area (Å²) in [4.78, 5) is 10.4. The van der Waals surface area contributed by atoms with E-state index in [1.54, 1.807) is 6.08 Å². The van der Waals surface area contributed by atoms with Crippen LogP contribution in [-0.2, 0) is 9.53 Å². The normalized spacial score (nSPS) is 19.6. The van der Waals surface area contributed by atoms with Gasteiger partial charge < -0.3 is 14.6 Å². The zero-order valence-electron chi connectivity index (χ0n) is 9.33. The van der Waals surface area contributed by atoms with E-state index in [1.165, 1.54) is 0 Å². The van der Waals surface area contributed by atoms with Gasteiger partial charge in [0, 0.05) is 12.5 Å². The Bertz CT molecular complexity index is 419. The van der Waals surface area contributed by atoms with E-state index >= 15 is 0 Å². The monoisotopic (exact) mass is 234 g/mol. The predicted octanol–water partition coefficient (Wildman–Crippen LogP) is 1.95. The van der Waals surface area contributed by atoms with E-state index in [4.69, 9.17) is 14.6 Å². The molecule has 2 rings (SSSR count). The van der Waals surface area contributed by atoms with Crippen molar-refractivity contribution in [1.82, 2.24) is 0 Å². The van der Waals surface area contributed by atoms with Crippen LogP contribution >= 0.6 is 0 Å². The minimum atomic E-state index is -0.958. The number of carbonyl (C=O) groups is 1. The van der Waals surface area contributed by atoms with Crippen LogP contribution in [0.25, 0.3) is 6.08 Å². The average Bonchev–Trinajstić information content (AvgIpc) is 2.80. The first-order valence-electron chi connectivity index (χ1n) is 5.49. The standard InChI is InChI=1S/C13H14O4/c14-13(15)5-4-10-2-1-3-11(8-10)17-12-6-7-16-9-12/h1-5,8,12H,6-7,9H2,(H,14,15)/b5-4+/t12-/m0/s1. The van der Waals surface area contributed by atoms with Gasteiger partial charge in [-0.15, -0.1) is 0 Å². The van der Waals surface area contributed by atoms with Crippen LogP contribution in [0.4, 0.5) is 0 Å². The molecule has 4 nitrogen and oxygen atoms in total. The van der Waals surface area contributed by atoms with Crippen LogP contribution in [-0.4, -0.2) is 30.4 Å². The lowest BCUT2D eigenvalue weighted by molar-refractivity contribution is -0.131. The summed E-state index contributed by atoms with van der Waals surface area (Å²) < 4.78 is 10.9. The Morgan fingerprint density at radius 1 is 1.53 bits per heavy atom. The summed E-state index contributed by atoms with van der Waals surface area (Å²) in [5, 5.41) is 8.54. The topological polar surface area (TPSA) is 55.8 Å². The molecule has 0 aliphatic carbocycles. The summed E-state index contributed by atoms with van der Waals surface area (Å²) in [7, 11) is 0. The lowest BCUT2D eigenvalue weighted by atomic mass is 10.2. The van der Waals surface area contributed by atoms with Crippen LogP contribution < -0.4 is 4.74 Å². The zero-order chi connectivity index (χ0) is 12.1. The van der Waals surface area contributed by atoms with E-state index in [2.05, 4.69) is 0 Å². The lowest BCUT2D eigenvalue weighted by Gasteiger charge is -2.11. The third-order valence-electron chi connectivity index (χ3n) is 2.47. The number of aliphatic carboxylic acids is 1. The molecule has 0 saturated carbocycles. The van der Waals surface area contributed by atoms with E-state index in [-0.39, 0.29) is 6.10 Å². The molecular formula is C13H14O4. The molecule has 0 bridgehead atoms. The van der Waals surface area contributed by atoms with Crippen LogP contribution in [0.15, 0.2) is 30.3 Å². The molecule has 1 heterocycles. The molecule has 1 aromatic carbocycles. The van der Waals surface area contributed by atoms with E-state index in [9.17, 15) is 4.79 Å². The van der Waals surface area contributed by atoms with Crippen LogP contribution in [0.1, 0.15) is 12.0 Å². The Kier molecular flexibility index (Phi) is 3.77. The molecule has 0 aromatic heterocycles. The van der Waals surface area contributed by atoms with Gasteiger partial charge in [-0.05, 0) is 23.8 Å². The van der Waals surface area contributed by atoms with Gasteiger partial charge in [0.05, 0.1) is 13.2 Å². The lowest BCUT2D eigenvalue weighted by Crippen LogP contribution is -2.15. The van der Waals surface area contributed by atoms with Crippen molar-refractivity contribution in [3.05, 3.63) is 35.9 Å². The molecule has 1 aliphatic rings. The first kappa shape index (κ1) is 11.7. The van der Waals surface area contributed by atoms with Gasteiger partial charge in [0.15, 0.2) is 0 Å². The zero-order valence-corrected chi connectivity index (χ0v) is 9.33. The van der Waals surface area contributed by atoms with Crippen LogP contribution in [0.3, 0.4) is 0 Å². The van der Waals surface area contributed by atoms with E-state index in [0.29, 0.717) is 6.61 Å². The Morgan fingerprint density at radius 2 is 2.41 bits per heavy atom. The molecule has 4 heteroatoms. The van der Waals surface area contributed by atoms with Crippen LogP contribution in [0.2, 0.25) is 0 Å². The summed E-state index contributed by atoms with van der Waals surface area (Å²) in [6.45, 7) is 1.36. The van der Waals surface area contributed by atoms with Crippen molar-refractivity contribution >= 4 is 12.0 Å². The Hall–Kier alpha value is -1.81. The van der Waals surface area contributed by atoms with Gasteiger partial charge in [-0.1, -0.05) is 12.1 Å². The molecule has 0 spiro atoms. The summed E-state index contributed by atoms with van der Waals surface area (Å²) in [5.41, 5.74) is 0.809. The minimum absolute atomic E-state index is 0.105. The van der Waals surface area contributed by atoms with Gasteiger partial charge in [-0.3, -0.25) is 0 Å². The number of rotatable bonds is 4. The van der Waals surface area contributed by atoms with Crippen molar-refractivity contribution in [2.75, 3.05) is 13.2 Å². The fraction of sp³-hybridized carbons (Fsp3) is 0.308. The second kappa shape index (κ2) is 5.50. The summed E-state index contributed by atoms with van der Waals surface area (Å²) >= 11 is 0. The smallest absolute Gasteiger partial charge is 0.328 e. The van der Waals surface area contributed by atoms with Crippen molar-refractivity contribution < 1.29 is 19.4 Å². The molecule has 0 radical (unpaired) electrons. The van der Waals surface area contributed by atoms with Gasteiger partial charge in [-0.2, -0.15) is 0 Å². The maximum atomic E-state index is 10.4. The highest BCUT2D eigenvalue weighted by Crippen LogP contribution is 2.19. The maximum absolute atomic E-state index is 10.4. The van der Waals surface area contributed by atoms with Crippen LogP contribution in [0, 0.1) is 0 Å². The maximum Gasteiger partial charge on any atom is 0.328 e. The van der Waals surface area contributed by atoms with Gasteiger partial charge in [-0.25, -0.2) is 4.79 Å². The minimum Gasteiger partial charge on any atom is -0.488 e. The molecule has 1 atom stereocenters. The van der Waals surface area contributed by atoms with Gasteiger partial charge >= 0.3 is 5.97 Å². The average molecular weight is 234 g/mol. The van der Waals surface area contributed by atoms with Crippen molar-refractivity contribution in [1.29, 1.82) is 0 Å². The molecule has 1 aliphatic heterocycles. The van der Waals surface area contributed by atoms with Gasteiger partial charge in [0.25, 0.3) is 0 Å². The Balaban J connectivity index is 2.02. The second-order valence-electron chi connectivity index (χ2n) is 3.85. The summed E-state index contributed by atoms with van der Waals surface area (Å²) in [6, 6.07) is 7.35. The van der Waals surface area contributed by atoms with E-state index in [0.717, 1.165) is 30.4 Å². The molecular weight excluding hydrogens is 220 g/mol. The van der Waals surface area contributed by atoms with E-state index < -0.39 is 5.97 Å². The molecule has 1 fully saturated rings. The SMILES string of the molecule is O=C(O)/C=C/c1cccc(O[C@H]2CCOC2)c1. The van der Waals surface area contributed by atoms with Crippen molar-refractivity contribution in [2.24, 2.45) is 0 Å². The summed E-state index contributed by atoms with van der Waals surface area (Å²) in [6.07, 6.45) is 3.65. The highest BCUT2D eigenvalue weighted by Gasteiger charge is 2.16. The molecule has 0 amide bonds. The molecule has 1 saturated heterocycles. The molecule has 1 aromatic rings. The van der Waals surface area contributed by atoms with Crippen molar-refractivity contribution in [3.8, 4) is 5.75 Å². The third-order valence-corrected chi connectivity index (χ3v) is 2.47. The Morgan fingerprint density at radius 3 is 3.12 bits per heavy atom. The number of ether oxygens (including phenoxy) is 2. The molecule has 1 N–H and O–H groups in total. The summed E-state index contributed by atoms with van der Waals surface area (Å²) in [5.74, 6) is -0.214. The Labute approximate surface area is 99.5 Å². The first-order chi connectivity index (χ1) is 8.24. The van der Waals surface area contributed by atoms with Crippen molar-refractivity contribution in [2.45, 2.75) is 12.5 Å². The van der Waals surface area contributed by atoms with E-state index in [1.807, 2.05) is 24.3 Å². The number of benzene rings is 1. The number of carboxylic acids is 1. The molecule has 90 valence electrons.